The highest BCUT2D eigenvalue weighted by atomic mass is 32.2. The highest BCUT2D eigenvalue weighted by molar-refractivity contribution is 7.98. The molecule has 11 heteroatoms. The number of hydrogen-bond acceptors (Lipinski definition) is 6. The van der Waals surface area contributed by atoms with Crippen LogP contribution in [-0.4, -0.2) is 24.3 Å². The van der Waals surface area contributed by atoms with Crippen LogP contribution in [0.2, 0.25) is 0 Å². The van der Waals surface area contributed by atoms with Crippen LogP contribution in [0.5, 0.6) is 0 Å². The van der Waals surface area contributed by atoms with E-state index >= 15 is 0 Å². The summed E-state index contributed by atoms with van der Waals surface area (Å²) in [6, 6.07) is 17.9. The first-order valence-electron chi connectivity index (χ1n) is 10.1. The van der Waals surface area contributed by atoms with Gasteiger partial charge in [0, 0.05) is 11.9 Å². The van der Waals surface area contributed by atoms with Gasteiger partial charge in [0.1, 0.15) is 0 Å². The minimum Gasteiger partial charge on any atom is -0.291 e. The van der Waals surface area contributed by atoms with E-state index in [1.54, 1.807) is 27.5 Å². The number of para-hydroxylation sites is 1. The number of nitrogens with zero attached hydrogens (tertiary/aromatic N) is 5. The number of halogens is 3. The maximum Gasteiger partial charge on any atom is 0.416 e. The van der Waals surface area contributed by atoms with Gasteiger partial charge in [-0.3, -0.25) is 18.9 Å². The van der Waals surface area contributed by atoms with Gasteiger partial charge in [-0.1, -0.05) is 47.4 Å². The zero-order valence-electron chi connectivity index (χ0n) is 17.4. The van der Waals surface area contributed by atoms with Crippen molar-refractivity contribution in [2.75, 3.05) is 0 Å². The van der Waals surface area contributed by atoms with Crippen LogP contribution in [0.25, 0.3) is 15.9 Å². The summed E-state index contributed by atoms with van der Waals surface area (Å²) in [4.78, 5) is 16.8. The van der Waals surface area contributed by atoms with Gasteiger partial charge in [0.2, 0.25) is 0 Å². The van der Waals surface area contributed by atoms with Crippen molar-refractivity contribution in [1.82, 2.24) is 24.3 Å². The Morgan fingerprint density at radius 2 is 1.79 bits per heavy atom. The molecule has 0 unspecified atom stereocenters. The van der Waals surface area contributed by atoms with E-state index in [0.717, 1.165) is 39.4 Å². The summed E-state index contributed by atoms with van der Waals surface area (Å²) in [5.74, 6) is 0.813. The molecule has 172 valence electrons. The van der Waals surface area contributed by atoms with Crippen molar-refractivity contribution in [2.24, 2.45) is 0 Å². The maximum absolute atomic E-state index is 13.4. The third-order valence-corrected chi connectivity index (χ3v) is 7.00. The molecule has 0 saturated carbocycles. The number of hydrogen-bond donors (Lipinski definition) is 0. The zero-order valence-corrected chi connectivity index (χ0v) is 19.1. The van der Waals surface area contributed by atoms with Crippen LogP contribution in [0.3, 0.4) is 0 Å². The van der Waals surface area contributed by atoms with Crippen molar-refractivity contribution < 1.29 is 13.2 Å². The van der Waals surface area contributed by atoms with Crippen LogP contribution in [-0.2, 0) is 18.5 Å². The topological polar surface area (TPSA) is 65.6 Å². The summed E-state index contributed by atoms with van der Waals surface area (Å²) in [6.45, 7) is 0.0657. The molecular weight excluding hydrogens is 483 g/mol. The van der Waals surface area contributed by atoms with Gasteiger partial charge < -0.3 is 0 Å². The number of benzene rings is 2. The van der Waals surface area contributed by atoms with Crippen molar-refractivity contribution in [3.8, 4) is 5.69 Å². The summed E-state index contributed by atoms with van der Waals surface area (Å²) >= 11 is 2.42. The number of pyridine rings is 1. The molecule has 0 amide bonds. The third kappa shape index (κ3) is 4.48. The van der Waals surface area contributed by atoms with Crippen LogP contribution >= 0.6 is 23.1 Å². The standard InChI is InChI=1S/C23H16F3N5OS2/c24-23(25,26)15-6-5-8-17(12-15)31-20(13-30-18-9-1-2-10-19(18)34-22(30)32)28-29-21(31)33-14-16-7-3-4-11-27-16/h1-12H,13-14H2. The Labute approximate surface area is 199 Å². The molecule has 0 aliphatic rings. The van der Waals surface area contributed by atoms with E-state index < -0.39 is 11.7 Å². The molecule has 3 aromatic heterocycles. The van der Waals surface area contributed by atoms with Crippen molar-refractivity contribution in [3.63, 3.8) is 0 Å². The molecule has 6 nitrogen and oxygen atoms in total. The molecule has 0 saturated heterocycles. The molecule has 0 spiro atoms. The monoisotopic (exact) mass is 499 g/mol. The van der Waals surface area contributed by atoms with Crippen LogP contribution in [0.1, 0.15) is 17.1 Å². The Kier molecular flexibility index (Phi) is 5.96. The number of fused-ring (bicyclic) bond motifs is 1. The van der Waals surface area contributed by atoms with Crippen LogP contribution in [0.15, 0.2) is 82.9 Å². The number of rotatable bonds is 6. The summed E-state index contributed by atoms with van der Waals surface area (Å²) < 4.78 is 44.2. The Morgan fingerprint density at radius 1 is 0.971 bits per heavy atom. The largest absolute Gasteiger partial charge is 0.416 e. The number of thioether (sulfide) groups is 1. The lowest BCUT2D eigenvalue weighted by molar-refractivity contribution is -0.137. The predicted molar refractivity (Wildman–Crippen MR) is 125 cm³/mol. The Balaban J connectivity index is 1.58. The molecule has 2 aromatic carbocycles. The van der Waals surface area contributed by atoms with Crippen molar-refractivity contribution in [2.45, 2.75) is 23.6 Å². The predicted octanol–water partition coefficient (Wildman–Crippen LogP) is 5.40. The van der Waals surface area contributed by atoms with Crippen LogP contribution < -0.4 is 4.87 Å². The van der Waals surface area contributed by atoms with E-state index in [9.17, 15) is 18.0 Å². The molecule has 0 atom stereocenters. The highest BCUT2D eigenvalue weighted by Crippen LogP contribution is 2.32. The Bertz CT molecular complexity index is 1510. The molecule has 0 aliphatic heterocycles. The van der Waals surface area contributed by atoms with E-state index in [1.807, 2.05) is 36.4 Å². The van der Waals surface area contributed by atoms with E-state index in [0.29, 0.717) is 16.7 Å². The molecule has 5 aromatic rings. The molecule has 34 heavy (non-hydrogen) atoms. The summed E-state index contributed by atoms with van der Waals surface area (Å²) in [6.07, 6.45) is -2.82. The fourth-order valence-corrected chi connectivity index (χ4v) is 5.28. The number of aromatic nitrogens is 5. The normalized spacial score (nSPS) is 11.9. The minimum atomic E-state index is -4.49. The quantitative estimate of drug-likeness (QED) is 0.293. The average Bonchev–Trinajstić information content (AvgIpc) is 3.38. The summed E-state index contributed by atoms with van der Waals surface area (Å²) in [5, 5.41) is 8.91. The molecule has 0 radical (unpaired) electrons. The second-order valence-electron chi connectivity index (χ2n) is 7.31. The van der Waals surface area contributed by atoms with Gasteiger partial charge in [0.05, 0.1) is 33.7 Å². The van der Waals surface area contributed by atoms with Gasteiger partial charge in [-0.2, -0.15) is 13.2 Å². The second-order valence-corrected chi connectivity index (χ2v) is 9.25. The van der Waals surface area contributed by atoms with Gasteiger partial charge in [-0.05, 0) is 42.5 Å². The fourth-order valence-electron chi connectivity index (χ4n) is 3.50. The van der Waals surface area contributed by atoms with Crippen LogP contribution in [0, 0.1) is 0 Å². The van der Waals surface area contributed by atoms with Crippen molar-refractivity contribution >= 4 is 33.3 Å². The lowest BCUT2D eigenvalue weighted by Crippen LogP contribution is -2.17. The number of thiazole rings is 1. The first kappa shape index (κ1) is 22.4. The van der Waals surface area contributed by atoms with E-state index in [4.69, 9.17) is 0 Å². The SMILES string of the molecule is O=c1sc2ccccc2n1Cc1nnc(SCc2ccccn2)n1-c1cccc(C(F)(F)F)c1. The molecule has 3 heterocycles. The Morgan fingerprint density at radius 3 is 2.59 bits per heavy atom. The molecular formula is C23H16F3N5OS2. The lowest BCUT2D eigenvalue weighted by Gasteiger charge is -2.13. The molecule has 0 fully saturated rings. The van der Waals surface area contributed by atoms with Gasteiger partial charge >= 0.3 is 11.0 Å². The highest BCUT2D eigenvalue weighted by Gasteiger charge is 2.31. The van der Waals surface area contributed by atoms with Crippen LogP contribution in [0.4, 0.5) is 13.2 Å². The van der Waals surface area contributed by atoms with Gasteiger partial charge in [0.25, 0.3) is 0 Å². The van der Waals surface area contributed by atoms with Crippen molar-refractivity contribution in [1.29, 1.82) is 0 Å². The van der Waals surface area contributed by atoms with Gasteiger partial charge in [0.15, 0.2) is 11.0 Å². The maximum atomic E-state index is 13.4. The summed E-state index contributed by atoms with van der Waals surface area (Å²) in [7, 11) is 0. The first-order chi connectivity index (χ1) is 16.4. The van der Waals surface area contributed by atoms with E-state index in [-0.39, 0.29) is 17.1 Å². The second kappa shape index (κ2) is 9.07. The van der Waals surface area contributed by atoms with Gasteiger partial charge in [-0.15, -0.1) is 10.2 Å². The fraction of sp³-hybridized carbons (Fsp3) is 0.130. The van der Waals surface area contributed by atoms with E-state index in [1.165, 1.54) is 17.8 Å². The van der Waals surface area contributed by atoms with Gasteiger partial charge in [-0.25, -0.2) is 0 Å². The molecule has 0 aliphatic carbocycles. The average molecular weight is 500 g/mol. The minimum absolute atomic E-state index is 0.0657. The summed E-state index contributed by atoms with van der Waals surface area (Å²) in [5.41, 5.74) is 1.03. The molecule has 0 bridgehead atoms. The number of alkyl halides is 3. The first-order valence-corrected chi connectivity index (χ1v) is 11.9. The molecule has 5 rings (SSSR count). The zero-order chi connectivity index (χ0) is 23.7. The molecule has 0 N–H and O–H groups in total. The Hall–Kier alpha value is -3.44. The van der Waals surface area contributed by atoms with E-state index in [2.05, 4.69) is 15.2 Å². The smallest absolute Gasteiger partial charge is 0.291 e. The lowest BCUT2D eigenvalue weighted by atomic mass is 10.2. The third-order valence-electron chi connectivity index (χ3n) is 5.08. The van der Waals surface area contributed by atoms with Crippen molar-refractivity contribution in [3.05, 3.63) is 99.7 Å².